The normalized spacial score (nSPS) is 17.0. The third-order valence-electron chi connectivity index (χ3n) is 3.74. The van der Waals surface area contributed by atoms with Crippen LogP contribution in [0.5, 0.6) is 5.88 Å². The summed E-state index contributed by atoms with van der Waals surface area (Å²) in [5.41, 5.74) is 0.320. The van der Waals surface area contributed by atoms with Gasteiger partial charge in [0.25, 0.3) is 0 Å². The molecule has 23 heavy (non-hydrogen) atoms. The second kappa shape index (κ2) is 7.63. The predicted molar refractivity (Wildman–Crippen MR) is 76.3 cm³/mol. The van der Waals surface area contributed by atoms with Crippen molar-refractivity contribution in [3.05, 3.63) is 23.9 Å². The van der Waals surface area contributed by atoms with Crippen LogP contribution in [0.1, 0.15) is 23.2 Å². The molecule has 1 aliphatic rings. The standard InChI is InChI=1S/C15H19F3N2O3/c1-22-13-3-2-12(8-19-13)14(21)23-9-11-4-6-20(7-5-11)10-15(16,17)18/h2-3,8,11H,4-7,9-10H2,1H3. The van der Waals surface area contributed by atoms with Crippen LogP contribution >= 0.6 is 0 Å². The number of aromatic nitrogens is 1. The summed E-state index contributed by atoms with van der Waals surface area (Å²) in [5, 5.41) is 0. The maximum absolute atomic E-state index is 12.3. The molecule has 0 unspecified atom stereocenters. The monoisotopic (exact) mass is 332 g/mol. The zero-order valence-electron chi connectivity index (χ0n) is 12.8. The molecule has 0 spiro atoms. The fourth-order valence-corrected chi connectivity index (χ4v) is 2.46. The Hall–Kier alpha value is -1.83. The second-order valence-electron chi connectivity index (χ2n) is 5.52. The van der Waals surface area contributed by atoms with Gasteiger partial charge in [0.15, 0.2) is 0 Å². The van der Waals surface area contributed by atoms with Crippen LogP contribution in [-0.2, 0) is 4.74 Å². The van der Waals surface area contributed by atoms with Crippen LogP contribution in [0.3, 0.4) is 0 Å². The summed E-state index contributed by atoms with van der Waals surface area (Å²) in [6, 6.07) is 3.12. The molecule has 0 atom stereocenters. The van der Waals surface area contributed by atoms with Gasteiger partial charge in [-0.05, 0) is 37.9 Å². The number of likely N-dealkylation sites (tertiary alicyclic amines) is 1. The number of carbonyl (C=O) groups excluding carboxylic acids is 1. The van der Waals surface area contributed by atoms with E-state index >= 15 is 0 Å². The molecule has 5 nitrogen and oxygen atoms in total. The molecule has 1 aliphatic heterocycles. The Morgan fingerprint density at radius 3 is 2.57 bits per heavy atom. The van der Waals surface area contributed by atoms with Crippen LogP contribution in [0.4, 0.5) is 13.2 Å². The van der Waals surface area contributed by atoms with Crippen LogP contribution in [0.25, 0.3) is 0 Å². The molecule has 0 aliphatic carbocycles. The number of rotatable bonds is 5. The molecule has 1 aromatic rings. The van der Waals surface area contributed by atoms with Crippen molar-refractivity contribution in [3.8, 4) is 5.88 Å². The number of nitrogens with zero attached hydrogens (tertiary/aromatic N) is 2. The lowest BCUT2D eigenvalue weighted by molar-refractivity contribution is -0.148. The Morgan fingerprint density at radius 1 is 1.35 bits per heavy atom. The zero-order chi connectivity index (χ0) is 16.9. The molecular weight excluding hydrogens is 313 g/mol. The van der Waals surface area contributed by atoms with Crippen LogP contribution in [-0.4, -0.2) is 55.4 Å². The summed E-state index contributed by atoms with van der Waals surface area (Å²) in [6.07, 6.45) is -1.62. The van der Waals surface area contributed by atoms with E-state index < -0.39 is 18.7 Å². The highest BCUT2D eigenvalue weighted by atomic mass is 19.4. The summed E-state index contributed by atoms with van der Waals surface area (Å²) in [6.45, 7) is 0.0688. The highest BCUT2D eigenvalue weighted by molar-refractivity contribution is 5.89. The zero-order valence-corrected chi connectivity index (χ0v) is 12.8. The smallest absolute Gasteiger partial charge is 0.401 e. The first-order chi connectivity index (χ1) is 10.9. The summed E-state index contributed by atoms with van der Waals surface area (Å²) in [4.78, 5) is 17.2. The number of pyridine rings is 1. The summed E-state index contributed by atoms with van der Waals surface area (Å²) in [5.74, 6) is 0.00565. The van der Waals surface area contributed by atoms with Crippen molar-refractivity contribution in [2.24, 2.45) is 5.92 Å². The van der Waals surface area contributed by atoms with E-state index in [1.165, 1.54) is 18.2 Å². The van der Waals surface area contributed by atoms with Gasteiger partial charge in [-0.25, -0.2) is 9.78 Å². The van der Waals surface area contributed by atoms with E-state index in [1.54, 1.807) is 12.1 Å². The van der Waals surface area contributed by atoms with E-state index in [-0.39, 0.29) is 12.5 Å². The maximum Gasteiger partial charge on any atom is 0.401 e. The second-order valence-corrected chi connectivity index (χ2v) is 5.52. The van der Waals surface area contributed by atoms with Gasteiger partial charge in [-0.1, -0.05) is 0 Å². The lowest BCUT2D eigenvalue weighted by atomic mass is 9.98. The van der Waals surface area contributed by atoms with E-state index in [9.17, 15) is 18.0 Å². The predicted octanol–water partition coefficient (Wildman–Crippen LogP) is 2.52. The fourth-order valence-electron chi connectivity index (χ4n) is 2.46. The van der Waals surface area contributed by atoms with E-state index in [2.05, 4.69) is 4.98 Å². The van der Waals surface area contributed by atoms with E-state index in [0.717, 1.165) is 0 Å². The third-order valence-corrected chi connectivity index (χ3v) is 3.74. The third kappa shape index (κ3) is 5.70. The van der Waals surface area contributed by atoms with E-state index in [1.807, 2.05) is 0 Å². The molecule has 0 N–H and O–H groups in total. The van der Waals surface area contributed by atoms with Gasteiger partial charge in [-0.3, -0.25) is 4.90 Å². The minimum absolute atomic E-state index is 0.0923. The van der Waals surface area contributed by atoms with Crippen molar-refractivity contribution in [2.75, 3.05) is 33.4 Å². The molecule has 0 radical (unpaired) electrons. The molecule has 2 heterocycles. The number of alkyl halides is 3. The number of hydrogen-bond donors (Lipinski definition) is 0. The Balaban J connectivity index is 1.73. The highest BCUT2D eigenvalue weighted by Gasteiger charge is 2.32. The first-order valence-electron chi connectivity index (χ1n) is 7.33. The molecular formula is C15H19F3N2O3. The summed E-state index contributed by atoms with van der Waals surface area (Å²) >= 11 is 0. The van der Waals surface area contributed by atoms with Gasteiger partial charge < -0.3 is 9.47 Å². The minimum atomic E-state index is -4.17. The lowest BCUT2D eigenvalue weighted by Crippen LogP contribution is -2.40. The number of carbonyl (C=O) groups is 1. The molecule has 0 aromatic carbocycles. The van der Waals surface area contributed by atoms with Gasteiger partial charge in [0.2, 0.25) is 5.88 Å². The summed E-state index contributed by atoms with van der Waals surface area (Å²) < 4.78 is 47.0. The van der Waals surface area contributed by atoms with Gasteiger partial charge in [-0.15, -0.1) is 0 Å². The molecule has 0 amide bonds. The van der Waals surface area contributed by atoms with Gasteiger partial charge in [0, 0.05) is 12.3 Å². The first-order valence-corrected chi connectivity index (χ1v) is 7.33. The molecule has 2 rings (SSSR count). The Kier molecular flexibility index (Phi) is 5.81. The summed E-state index contributed by atoms with van der Waals surface area (Å²) in [7, 11) is 1.48. The largest absolute Gasteiger partial charge is 0.481 e. The molecule has 1 saturated heterocycles. The van der Waals surface area contributed by atoms with E-state index in [0.29, 0.717) is 37.4 Å². The number of hydrogen-bond acceptors (Lipinski definition) is 5. The number of esters is 1. The number of ether oxygens (including phenoxy) is 2. The molecule has 0 saturated carbocycles. The van der Waals surface area contributed by atoms with Gasteiger partial charge in [0.05, 0.1) is 25.8 Å². The molecule has 1 aromatic heterocycles. The number of piperidine rings is 1. The Bertz CT molecular complexity index is 512. The Morgan fingerprint density at radius 2 is 2.04 bits per heavy atom. The highest BCUT2D eigenvalue weighted by Crippen LogP contribution is 2.23. The SMILES string of the molecule is COc1ccc(C(=O)OCC2CCN(CC(F)(F)F)CC2)cn1. The van der Waals surface area contributed by atoms with Crippen molar-refractivity contribution < 1.29 is 27.4 Å². The van der Waals surface area contributed by atoms with Crippen molar-refractivity contribution in [3.63, 3.8) is 0 Å². The fraction of sp³-hybridized carbons (Fsp3) is 0.600. The minimum Gasteiger partial charge on any atom is -0.481 e. The van der Waals surface area contributed by atoms with Gasteiger partial charge in [-0.2, -0.15) is 13.2 Å². The Labute approximate surface area is 132 Å². The molecule has 1 fully saturated rings. The average molecular weight is 332 g/mol. The van der Waals surface area contributed by atoms with Crippen molar-refractivity contribution >= 4 is 5.97 Å². The number of halogens is 3. The van der Waals surface area contributed by atoms with Crippen molar-refractivity contribution in [1.29, 1.82) is 0 Å². The topological polar surface area (TPSA) is 51.7 Å². The molecule has 128 valence electrons. The van der Waals surface area contributed by atoms with E-state index in [4.69, 9.17) is 9.47 Å². The first kappa shape index (κ1) is 17.5. The quantitative estimate of drug-likeness (QED) is 0.776. The maximum atomic E-state index is 12.3. The molecule has 8 heteroatoms. The van der Waals surface area contributed by atoms with Crippen LogP contribution < -0.4 is 4.74 Å². The van der Waals surface area contributed by atoms with Gasteiger partial charge >= 0.3 is 12.1 Å². The lowest BCUT2D eigenvalue weighted by Gasteiger charge is -2.31. The van der Waals surface area contributed by atoms with Crippen LogP contribution in [0, 0.1) is 5.92 Å². The van der Waals surface area contributed by atoms with Crippen molar-refractivity contribution in [2.45, 2.75) is 19.0 Å². The van der Waals surface area contributed by atoms with Crippen LogP contribution in [0.2, 0.25) is 0 Å². The van der Waals surface area contributed by atoms with Crippen molar-refractivity contribution in [1.82, 2.24) is 9.88 Å². The molecule has 0 bridgehead atoms. The van der Waals surface area contributed by atoms with Gasteiger partial charge in [0.1, 0.15) is 0 Å². The number of methoxy groups -OCH3 is 1. The van der Waals surface area contributed by atoms with Crippen LogP contribution in [0.15, 0.2) is 18.3 Å². The average Bonchev–Trinajstić information content (AvgIpc) is 2.52.